The van der Waals surface area contributed by atoms with Gasteiger partial charge in [0, 0.05) is 24.8 Å². The van der Waals surface area contributed by atoms with Gasteiger partial charge in [-0.15, -0.1) is 24.5 Å². The molecule has 11 nitrogen and oxygen atoms in total. The first kappa shape index (κ1) is 30.8. The van der Waals surface area contributed by atoms with E-state index in [2.05, 4.69) is 30.3 Å². The number of aryl methyl sites for hydroxylation is 2. The summed E-state index contributed by atoms with van der Waals surface area (Å²) in [5.41, 5.74) is 1.13. The molecule has 4 atom stereocenters. The van der Waals surface area contributed by atoms with Crippen LogP contribution in [0.1, 0.15) is 36.3 Å². The fourth-order valence-corrected chi connectivity index (χ4v) is 7.23. The van der Waals surface area contributed by atoms with Crippen molar-refractivity contribution in [3.63, 3.8) is 0 Å². The number of aliphatic hydroxyl groups excluding tert-OH is 1. The Morgan fingerprint density at radius 2 is 1.84 bits per heavy atom. The molecule has 1 aliphatic carbocycles. The zero-order valence-corrected chi connectivity index (χ0v) is 25.1. The first-order chi connectivity index (χ1) is 20.0. The van der Waals surface area contributed by atoms with E-state index in [0.717, 1.165) is 16.6 Å². The molecule has 0 unspecified atom stereocenters. The Morgan fingerprint density at radius 3 is 2.44 bits per heavy atom. The summed E-state index contributed by atoms with van der Waals surface area (Å²) in [5, 5.41) is 28.6. The van der Waals surface area contributed by atoms with Gasteiger partial charge in [-0.25, -0.2) is 18.4 Å². The highest BCUT2D eigenvalue weighted by atomic mass is 32.2. The van der Waals surface area contributed by atoms with E-state index in [0.29, 0.717) is 27.3 Å². The van der Waals surface area contributed by atoms with E-state index in [4.69, 9.17) is 4.98 Å². The number of aliphatic hydroxyl groups is 2. The lowest BCUT2D eigenvalue weighted by molar-refractivity contribution is -0.274. The molecule has 1 aliphatic rings. The van der Waals surface area contributed by atoms with Crippen molar-refractivity contribution in [2.24, 2.45) is 5.92 Å². The van der Waals surface area contributed by atoms with Gasteiger partial charge in [0.25, 0.3) is 0 Å². The highest BCUT2D eigenvalue weighted by Crippen LogP contribution is 2.43. The number of nitrogens with one attached hydrogen (secondary N) is 2. The summed E-state index contributed by atoms with van der Waals surface area (Å²) in [6.07, 6.45) is -3.49. The minimum Gasteiger partial charge on any atom is -0.406 e. The molecule has 0 aliphatic heterocycles. The topological polar surface area (TPSA) is 159 Å². The zero-order valence-electron chi connectivity index (χ0n) is 23.5. The van der Waals surface area contributed by atoms with Crippen LogP contribution in [-0.4, -0.2) is 68.8 Å². The van der Waals surface area contributed by atoms with Crippen molar-refractivity contribution in [3.05, 3.63) is 53.5 Å². The van der Waals surface area contributed by atoms with Crippen LogP contribution in [0.15, 0.2) is 36.5 Å². The molecular formula is C27H29F3N6O5S2. The van der Waals surface area contributed by atoms with Crippen LogP contribution >= 0.6 is 11.3 Å². The predicted octanol–water partition coefficient (Wildman–Crippen LogP) is 4.36. The van der Waals surface area contributed by atoms with Gasteiger partial charge in [0.1, 0.15) is 38.0 Å². The van der Waals surface area contributed by atoms with E-state index in [1.807, 2.05) is 13.0 Å². The third-order valence-corrected chi connectivity index (χ3v) is 9.19. The van der Waals surface area contributed by atoms with Crippen molar-refractivity contribution in [2.45, 2.75) is 51.4 Å². The summed E-state index contributed by atoms with van der Waals surface area (Å²) in [7, 11) is -3.39. The smallest absolute Gasteiger partial charge is 0.406 e. The minimum absolute atomic E-state index is 0.0435. The summed E-state index contributed by atoms with van der Waals surface area (Å²) in [4.78, 5) is 18.2. The summed E-state index contributed by atoms with van der Waals surface area (Å²) in [6, 6.07) is 6.74. The quantitative estimate of drug-likeness (QED) is 0.193. The van der Waals surface area contributed by atoms with Crippen LogP contribution in [0.5, 0.6) is 5.75 Å². The van der Waals surface area contributed by atoms with E-state index in [1.54, 1.807) is 20.0 Å². The van der Waals surface area contributed by atoms with Crippen molar-refractivity contribution in [1.82, 2.24) is 19.9 Å². The highest BCUT2D eigenvalue weighted by Gasteiger charge is 2.54. The second-order valence-electron chi connectivity index (χ2n) is 10.7. The van der Waals surface area contributed by atoms with Crippen LogP contribution in [0, 0.1) is 19.8 Å². The second kappa shape index (κ2) is 11.2. The number of pyridine rings is 1. The maximum Gasteiger partial charge on any atom is 0.573 e. The van der Waals surface area contributed by atoms with Crippen LogP contribution in [0.2, 0.25) is 0 Å². The molecule has 1 fully saturated rings. The summed E-state index contributed by atoms with van der Waals surface area (Å²) in [6.45, 7) is 5.33. The van der Waals surface area contributed by atoms with Crippen molar-refractivity contribution in [1.29, 1.82) is 0 Å². The third kappa shape index (κ3) is 6.82. The number of hydrogen-bond donors (Lipinski definition) is 4. The van der Waals surface area contributed by atoms with E-state index in [1.165, 1.54) is 35.6 Å². The molecule has 43 heavy (non-hydrogen) atoms. The Bertz CT molecular complexity index is 1770. The number of rotatable bonds is 9. The average molecular weight is 639 g/mol. The van der Waals surface area contributed by atoms with E-state index in [9.17, 15) is 31.8 Å². The number of ether oxygens (including phenoxy) is 1. The SMILES string of the molecule is Cc1nc(N[C@H](C)c2ccc(OC(F)(F)F)cc2)nc(N[C@]2(O)C[C@H](CS(C)(=O)=O)[C@H]2O)c1-c1nc2c(C)nccc2s1. The number of halogens is 3. The molecule has 0 amide bonds. The van der Waals surface area contributed by atoms with E-state index in [-0.39, 0.29) is 29.7 Å². The van der Waals surface area contributed by atoms with E-state index < -0.39 is 40.0 Å². The maximum atomic E-state index is 12.5. The molecule has 3 heterocycles. The van der Waals surface area contributed by atoms with Gasteiger partial charge in [0.15, 0.2) is 5.72 Å². The number of sulfone groups is 1. The number of benzene rings is 1. The second-order valence-corrected chi connectivity index (χ2v) is 13.9. The molecule has 230 valence electrons. The number of alkyl halides is 3. The number of thiazole rings is 1. The fourth-order valence-electron chi connectivity index (χ4n) is 5.04. The third-order valence-electron chi connectivity index (χ3n) is 7.11. The largest absolute Gasteiger partial charge is 0.573 e. The number of fused-ring (bicyclic) bond motifs is 1. The van der Waals surface area contributed by atoms with Gasteiger partial charge in [-0.3, -0.25) is 4.98 Å². The van der Waals surface area contributed by atoms with Crippen molar-refractivity contribution in [3.8, 4) is 16.3 Å². The van der Waals surface area contributed by atoms with Gasteiger partial charge in [-0.2, -0.15) is 4.98 Å². The Hall–Kier alpha value is -3.60. The Kier molecular flexibility index (Phi) is 8.00. The van der Waals surface area contributed by atoms with Crippen LogP contribution in [0.25, 0.3) is 20.8 Å². The Morgan fingerprint density at radius 1 is 1.14 bits per heavy atom. The van der Waals surface area contributed by atoms with Gasteiger partial charge in [0.05, 0.1) is 33.4 Å². The molecule has 4 aromatic rings. The van der Waals surface area contributed by atoms with Gasteiger partial charge in [-0.1, -0.05) is 12.1 Å². The number of hydrogen-bond acceptors (Lipinski definition) is 12. The number of anilines is 2. The Balaban J connectivity index is 1.48. The van der Waals surface area contributed by atoms with Crippen molar-refractivity contribution >= 4 is 43.2 Å². The molecule has 5 rings (SSSR count). The fraction of sp³-hybridized carbons (Fsp3) is 0.407. The minimum atomic E-state index is -4.80. The molecule has 1 aromatic carbocycles. The average Bonchev–Trinajstić information content (AvgIpc) is 3.32. The van der Waals surface area contributed by atoms with Gasteiger partial charge < -0.3 is 25.6 Å². The molecule has 1 saturated carbocycles. The monoisotopic (exact) mass is 638 g/mol. The molecule has 0 radical (unpaired) electrons. The molecule has 0 spiro atoms. The highest BCUT2D eigenvalue weighted by molar-refractivity contribution is 7.90. The first-order valence-electron chi connectivity index (χ1n) is 13.1. The predicted molar refractivity (Wildman–Crippen MR) is 155 cm³/mol. The maximum absolute atomic E-state index is 12.5. The van der Waals surface area contributed by atoms with Crippen molar-refractivity contribution in [2.75, 3.05) is 22.6 Å². The molecule has 0 saturated heterocycles. The van der Waals surface area contributed by atoms with Crippen molar-refractivity contribution < 1.29 is 36.5 Å². The molecule has 4 N–H and O–H groups in total. The van der Waals surface area contributed by atoms with Crippen LogP contribution in [0.4, 0.5) is 24.9 Å². The summed E-state index contributed by atoms with van der Waals surface area (Å²) >= 11 is 1.37. The zero-order chi connectivity index (χ0) is 31.3. The first-order valence-corrected chi connectivity index (χ1v) is 16.0. The van der Waals surface area contributed by atoms with Crippen LogP contribution in [0.3, 0.4) is 0 Å². The van der Waals surface area contributed by atoms with Crippen LogP contribution in [-0.2, 0) is 9.84 Å². The lowest BCUT2D eigenvalue weighted by Crippen LogP contribution is -2.64. The van der Waals surface area contributed by atoms with Crippen LogP contribution < -0.4 is 15.4 Å². The number of nitrogens with zero attached hydrogens (tertiary/aromatic N) is 4. The molecular weight excluding hydrogens is 609 g/mol. The van der Waals surface area contributed by atoms with Gasteiger partial charge in [-0.05, 0) is 44.5 Å². The normalized spacial score (nSPS) is 21.3. The van der Waals surface area contributed by atoms with E-state index >= 15 is 0 Å². The summed E-state index contributed by atoms with van der Waals surface area (Å²) < 4.78 is 66.0. The summed E-state index contributed by atoms with van der Waals surface area (Å²) in [5.74, 6) is -1.02. The number of aromatic nitrogens is 4. The molecule has 3 aromatic heterocycles. The Labute approximate surface area is 249 Å². The van der Waals surface area contributed by atoms with Gasteiger partial charge >= 0.3 is 6.36 Å². The molecule has 16 heteroatoms. The molecule has 0 bridgehead atoms. The van der Waals surface area contributed by atoms with Gasteiger partial charge in [0.2, 0.25) is 5.95 Å². The lowest BCUT2D eigenvalue weighted by Gasteiger charge is -2.49. The standard InChI is InChI=1S/C27H29F3N6O5S2/c1-13(16-5-7-18(8-6-16)41-27(28,29)30)32-25-33-14(2)20(24-34-21-15(3)31-10-9-19(21)42-24)23(35-25)36-26(38)11-17(22(26)37)12-43(4,39)40/h5-10,13,17,22,37-38H,11-12H2,1-4H3,(H2,32,33,35,36)/t13-,17-,22-,26+/m1/s1. The lowest BCUT2D eigenvalue weighted by atomic mass is 9.74.